The average molecular weight is 396 g/mol. The number of rotatable bonds is 4. The van der Waals surface area contributed by atoms with Gasteiger partial charge in [0.2, 0.25) is 0 Å². The van der Waals surface area contributed by atoms with Gasteiger partial charge < -0.3 is 0 Å². The standard InChI is InChI=1S/C12H5F13/c13-7(14,6-4-2-1-3-5-6)9(16,17)10(18,19)8(15,11(20,21)22)12(23,24)25/h1-5H. The van der Waals surface area contributed by atoms with Crippen molar-refractivity contribution in [3.05, 3.63) is 35.9 Å². The minimum atomic E-state index is -7.92. The maximum Gasteiger partial charge on any atom is 0.438 e. The minimum Gasteiger partial charge on any atom is -0.216 e. The Morgan fingerprint density at radius 3 is 1.16 bits per heavy atom. The van der Waals surface area contributed by atoms with Crippen molar-refractivity contribution in [2.75, 3.05) is 0 Å². The van der Waals surface area contributed by atoms with Gasteiger partial charge in [-0.25, -0.2) is 4.39 Å². The van der Waals surface area contributed by atoms with Gasteiger partial charge in [0.15, 0.2) is 0 Å². The van der Waals surface area contributed by atoms with E-state index in [4.69, 9.17) is 0 Å². The van der Waals surface area contributed by atoms with Gasteiger partial charge in [0.1, 0.15) is 0 Å². The third kappa shape index (κ3) is 2.80. The van der Waals surface area contributed by atoms with Crippen LogP contribution in [0.25, 0.3) is 0 Å². The lowest BCUT2D eigenvalue weighted by atomic mass is 9.85. The molecule has 0 aromatic heterocycles. The van der Waals surface area contributed by atoms with Crippen molar-refractivity contribution in [3.8, 4) is 0 Å². The Morgan fingerprint density at radius 2 is 0.840 bits per heavy atom. The van der Waals surface area contributed by atoms with Gasteiger partial charge in [0.05, 0.1) is 0 Å². The van der Waals surface area contributed by atoms with Crippen LogP contribution in [-0.2, 0) is 5.92 Å². The lowest BCUT2D eigenvalue weighted by molar-refractivity contribution is -0.446. The van der Waals surface area contributed by atoms with Crippen LogP contribution in [0, 0.1) is 0 Å². The lowest BCUT2D eigenvalue weighted by Gasteiger charge is -2.41. The molecule has 25 heavy (non-hydrogen) atoms. The van der Waals surface area contributed by atoms with Crippen molar-refractivity contribution in [2.24, 2.45) is 0 Å². The number of halogens is 13. The van der Waals surface area contributed by atoms with Gasteiger partial charge in [-0.15, -0.1) is 0 Å². The number of hydrogen-bond acceptors (Lipinski definition) is 0. The molecular formula is C12H5F13. The molecule has 0 nitrogen and oxygen atoms in total. The predicted molar refractivity (Wildman–Crippen MR) is 56.2 cm³/mol. The van der Waals surface area contributed by atoms with E-state index in [1.54, 1.807) is 0 Å². The maximum absolute atomic E-state index is 13.6. The molecule has 0 unspecified atom stereocenters. The summed E-state index contributed by atoms with van der Waals surface area (Å²) in [7, 11) is 0. The highest BCUT2D eigenvalue weighted by Gasteiger charge is 2.93. The SMILES string of the molecule is FC(F)(F)C(F)(C(F)(F)F)C(F)(F)C(F)(F)C(F)(F)c1ccccc1. The van der Waals surface area contributed by atoms with Gasteiger partial charge in [-0.1, -0.05) is 30.3 Å². The van der Waals surface area contributed by atoms with Crippen LogP contribution in [0.2, 0.25) is 0 Å². The summed E-state index contributed by atoms with van der Waals surface area (Å²) in [4.78, 5) is 0. The van der Waals surface area contributed by atoms with Gasteiger partial charge >= 0.3 is 35.8 Å². The van der Waals surface area contributed by atoms with E-state index in [-0.39, 0.29) is 12.1 Å². The van der Waals surface area contributed by atoms with E-state index < -0.39 is 41.4 Å². The van der Waals surface area contributed by atoms with Crippen LogP contribution in [0.1, 0.15) is 5.56 Å². The van der Waals surface area contributed by atoms with Gasteiger partial charge in [0.25, 0.3) is 0 Å². The van der Waals surface area contributed by atoms with E-state index in [1.807, 2.05) is 0 Å². The van der Waals surface area contributed by atoms with E-state index in [9.17, 15) is 57.1 Å². The van der Waals surface area contributed by atoms with E-state index in [0.29, 0.717) is 12.1 Å². The van der Waals surface area contributed by atoms with Gasteiger partial charge in [-0.05, 0) is 0 Å². The molecule has 0 aliphatic carbocycles. The smallest absolute Gasteiger partial charge is 0.216 e. The Balaban J connectivity index is 3.68. The highest BCUT2D eigenvalue weighted by atomic mass is 19.4. The van der Waals surface area contributed by atoms with Crippen molar-refractivity contribution >= 4 is 0 Å². The van der Waals surface area contributed by atoms with Crippen LogP contribution >= 0.6 is 0 Å². The fourth-order valence-electron chi connectivity index (χ4n) is 1.76. The van der Waals surface area contributed by atoms with Crippen molar-refractivity contribution in [3.63, 3.8) is 0 Å². The second-order valence-electron chi connectivity index (χ2n) is 4.74. The van der Waals surface area contributed by atoms with E-state index in [2.05, 4.69) is 0 Å². The normalized spacial score (nSPS) is 15.4. The molecule has 1 rings (SSSR count). The average Bonchev–Trinajstić information content (AvgIpc) is 2.44. The van der Waals surface area contributed by atoms with Crippen molar-refractivity contribution in [2.45, 2.75) is 35.8 Å². The van der Waals surface area contributed by atoms with Crippen LogP contribution in [-0.4, -0.2) is 29.9 Å². The summed E-state index contributed by atoms with van der Waals surface area (Å²) >= 11 is 0. The summed E-state index contributed by atoms with van der Waals surface area (Å²) in [6, 6.07) is 2.16. The van der Waals surface area contributed by atoms with Gasteiger partial charge in [-0.3, -0.25) is 0 Å². The van der Waals surface area contributed by atoms with Crippen LogP contribution in [0.3, 0.4) is 0 Å². The van der Waals surface area contributed by atoms with E-state index >= 15 is 0 Å². The monoisotopic (exact) mass is 396 g/mol. The fourth-order valence-corrected chi connectivity index (χ4v) is 1.76. The molecule has 0 aliphatic heterocycles. The summed E-state index contributed by atoms with van der Waals surface area (Å²) in [6.07, 6.45) is -15.3. The topological polar surface area (TPSA) is 0 Å². The molecule has 0 spiro atoms. The zero-order valence-electron chi connectivity index (χ0n) is 11.3. The number of benzene rings is 1. The number of alkyl halides is 13. The molecule has 0 atom stereocenters. The Hall–Kier alpha value is -1.69. The molecule has 0 aliphatic rings. The van der Waals surface area contributed by atoms with Crippen molar-refractivity contribution < 1.29 is 57.1 Å². The molecule has 1 aromatic carbocycles. The minimum absolute atomic E-state index is 0.0467. The second-order valence-corrected chi connectivity index (χ2v) is 4.74. The van der Waals surface area contributed by atoms with E-state index in [0.717, 1.165) is 6.07 Å². The van der Waals surface area contributed by atoms with Gasteiger partial charge in [-0.2, -0.15) is 52.7 Å². The Morgan fingerprint density at radius 1 is 0.480 bits per heavy atom. The second kappa shape index (κ2) is 5.66. The molecule has 13 heteroatoms. The van der Waals surface area contributed by atoms with Crippen LogP contribution < -0.4 is 0 Å². The zero-order chi connectivity index (χ0) is 20.1. The summed E-state index contributed by atoms with van der Waals surface area (Å²) in [5.41, 5.74) is -9.96. The third-order valence-corrected chi connectivity index (χ3v) is 3.14. The highest BCUT2D eigenvalue weighted by Crippen LogP contribution is 2.63. The molecule has 144 valence electrons. The highest BCUT2D eigenvalue weighted by molar-refractivity contribution is 5.26. The fraction of sp³-hybridized carbons (Fsp3) is 0.500. The van der Waals surface area contributed by atoms with E-state index in [1.165, 1.54) is 0 Å². The Labute approximate surface area is 130 Å². The van der Waals surface area contributed by atoms with Crippen LogP contribution in [0.4, 0.5) is 57.1 Å². The molecule has 0 radical (unpaired) electrons. The van der Waals surface area contributed by atoms with Gasteiger partial charge in [0, 0.05) is 5.56 Å². The molecule has 1 aromatic rings. The quantitative estimate of drug-likeness (QED) is 0.558. The van der Waals surface area contributed by atoms with Crippen LogP contribution in [0.15, 0.2) is 30.3 Å². The van der Waals surface area contributed by atoms with Crippen LogP contribution in [0.5, 0.6) is 0 Å². The molecule has 0 amide bonds. The molecule has 0 fully saturated rings. The first kappa shape index (κ1) is 21.4. The molecule has 0 N–H and O–H groups in total. The zero-order valence-corrected chi connectivity index (χ0v) is 11.3. The van der Waals surface area contributed by atoms with Crippen molar-refractivity contribution in [1.82, 2.24) is 0 Å². The lowest BCUT2D eigenvalue weighted by Crippen LogP contribution is -2.72. The number of hydrogen-bond donors (Lipinski definition) is 0. The first-order valence-corrected chi connectivity index (χ1v) is 5.87. The Kier molecular flexibility index (Phi) is 4.83. The third-order valence-electron chi connectivity index (χ3n) is 3.14. The molecule has 0 saturated heterocycles. The molecule has 0 heterocycles. The first-order valence-electron chi connectivity index (χ1n) is 5.87. The molecule has 0 bridgehead atoms. The largest absolute Gasteiger partial charge is 0.438 e. The summed E-state index contributed by atoms with van der Waals surface area (Å²) in [6.45, 7) is 0. The van der Waals surface area contributed by atoms with Crippen molar-refractivity contribution in [1.29, 1.82) is 0 Å². The predicted octanol–water partition coefficient (Wildman–Crippen LogP) is 5.88. The summed E-state index contributed by atoms with van der Waals surface area (Å²) < 4.78 is 168. The summed E-state index contributed by atoms with van der Waals surface area (Å²) in [5.74, 6) is -21.5. The molecule has 0 saturated carbocycles. The molecular weight excluding hydrogens is 391 g/mol. The maximum atomic E-state index is 13.6. The summed E-state index contributed by atoms with van der Waals surface area (Å²) in [5, 5.41) is 0. The Bertz CT molecular complexity index is 582. The first-order chi connectivity index (χ1) is 10.9.